The first kappa shape index (κ1) is 30.8. The molecule has 2 aliphatic heterocycles. The molecule has 0 spiro atoms. The predicted molar refractivity (Wildman–Crippen MR) is 182 cm³/mol. The third-order valence-electron chi connectivity index (χ3n) is 10.3. The van der Waals surface area contributed by atoms with Crippen LogP contribution in [0.1, 0.15) is 28.3 Å². The van der Waals surface area contributed by atoms with Gasteiger partial charge < -0.3 is 24.5 Å². The number of aromatic amines is 1. The quantitative estimate of drug-likeness (QED) is 0.235. The smallest absolute Gasteiger partial charge is 0.305 e. The third kappa shape index (κ3) is 4.92. The minimum Gasteiger partial charge on any atom is -0.497 e. The minimum atomic E-state index is -0.414. The van der Waals surface area contributed by atoms with Crippen molar-refractivity contribution in [2.45, 2.75) is 29.5 Å². The van der Waals surface area contributed by atoms with Gasteiger partial charge >= 0.3 is 4.87 Å². The van der Waals surface area contributed by atoms with Crippen molar-refractivity contribution in [1.29, 1.82) is 0 Å². The normalized spacial score (nSPS) is 26.6. The van der Waals surface area contributed by atoms with Gasteiger partial charge in [-0.3, -0.25) is 24.1 Å². The zero-order valence-electron chi connectivity index (χ0n) is 26.4. The fourth-order valence-electron chi connectivity index (χ4n) is 8.35. The number of anilines is 2. The van der Waals surface area contributed by atoms with Gasteiger partial charge in [-0.05, 0) is 85.2 Å². The van der Waals surface area contributed by atoms with Crippen molar-refractivity contribution in [3.8, 4) is 17.2 Å². The lowest BCUT2D eigenvalue weighted by molar-refractivity contribution is -0.123. The van der Waals surface area contributed by atoms with Crippen LogP contribution in [0.2, 0.25) is 0 Å². The maximum atomic E-state index is 14.1. The number of aryl methyl sites for hydroxylation is 1. The van der Waals surface area contributed by atoms with Gasteiger partial charge in [-0.2, -0.15) is 0 Å². The number of ether oxygens (including phenoxy) is 3. The van der Waals surface area contributed by atoms with Gasteiger partial charge in [-0.25, -0.2) is 0 Å². The highest BCUT2D eigenvalue weighted by molar-refractivity contribution is 8.00. The van der Waals surface area contributed by atoms with Gasteiger partial charge in [0.15, 0.2) is 18.1 Å². The number of hydrogen-bond acceptors (Lipinski definition) is 9. The van der Waals surface area contributed by atoms with E-state index in [0.717, 1.165) is 27.5 Å². The van der Waals surface area contributed by atoms with Gasteiger partial charge in [-0.15, -0.1) is 11.8 Å². The van der Waals surface area contributed by atoms with Crippen molar-refractivity contribution in [2.75, 3.05) is 31.0 Å². The molecule has 246 valence electrons. The summed E-state index contributed by atoms with van der Waals surface area (Å²) in [4.78, 5) is 58.5. The molecule has 2 saturated carbocycles. The SMILES string of the molecule is COc1ccc(N2C(=O)C3C(C2=O)[C@@H]2C[C@H]3C3Sc4[nH]c(=O)sc4[C@H](c4ccc(OCC(=O)Nc5ccc(C)cc5)c(OC)c4)C32)cc1. The molecule has 3 fully saturated rings. The second kappa shape index (κ2) is 11.9. The van der Waals surface area contributed by atoms with E-state index in [1.54, 1.807) is 56.3 Å². The Labute approximate surface area is 284 Å². The summed E-state index contributed by atoms with van der Waals surface area (Å²) in [6, 6.07) is 20.2. The zero-order valence-corrected chi connectivity index (χ0v) is 28.1. The van der Waals surface area contributed by atoms with Gasteiger partial charge in [0.1, 0.15) is 5.75 Å². The van der Waals surface area contributed by atoms with E-state index in [1.807, 2.05) is 43.3 Å². The zero-order chi connectivity index (χ0) is 33.3. The Hall–Kier alpha value is -4.55. The predicted octanol–water partition coefficient (Wildman–Crippen LogP) is 5.46. The molecule has 48 heavy (non-hydrogen) atoms. The highest BCUT2D eigenvalue weighted by atomic mass is 32.2. The fourth-order valence-corrected chi connectivity index (χ4v) is 11.2. The molecule has 10 nitrogen and oxygen atoms in total. The summed E-state index contributed by atoms with van der Waals surface area (Å²) in [7, 11) is 3.13. The number of aromatic nitrogens is 1. The number of fused-ring (bicyclic) bond motifs is 9. The first-order valence-electron chi connectivity index (χ1n) is 15.8. The Morgan fingerprint density at radius 3 is 2.35 bits per heavy atom. The molecule has 3 heterocycles. The number of carbonyl (C=O) groups is 3. The molecule has 7 atom stereocenters. The molecule has 4 aliphatic rings. The number of thioether (sulfide) groups is 1. The third-order valence-corrected chi connectivity index (χ3v) is 12.9. The molecule has 0 radical (unpaired) electrons. The molecule has 12 heteroatoms. The lowest BCUT2D eigenvalue weighted by atomic mass is 9.68. The number of carbonyl (C=O) groups excluding carboxylic acids is 3. The van der Waals surface area contributed by atoms with E-state index in [4.69, 9.17) is 14.2 Å². The monoisotopic (exact) mass is 683 g/mol. The number of imide groups is 1. The average molecular weight is 684 g/mol. The first-order chi connectivity index (χ1) is 23.2. The Kier molecular flexibility index (Phi) is 7.59. The number of H-pyrrole nitrogens is 1. The summed E-state index contributed by atoms with van der Waals surface area (Å²) in [5.41, 5.74) is 3.27. The highest BCUT2D eigenvalue weighted by Crippen LogP contribution is 2.68. The highest BCUT2D eigenvalue weighted by Gasteiger charge is 2.69. The van der Waals surface area contributed by atoms with Crippen LogP contribution in [-0.4, -0.2) is 48.8 Å². The van der Waals surface area contributed by atoms with Crippen molar-refractivity contribution in [1.82, 2.24) is 4.98 Å². The number of rotatable bonds is 8. The van der Waals surface area contributed by atoms with Crippen LogP contribution >= 0.6 is 23.1 Å². The molecule has 4 unspecified atom stereocenters. The molecule has 2 bridgehead atoms. The van der Waals surface area contributed by atoms with Crippen LogP contribution < -0.4 is 29.3 Å². The van der Waals surface area contributed by atoms with Crippen LogP contribution in [0.4, 0.5) is 11.4 Å². The van der Waals surface area contributed by atoms with Crippen LogP contribution in [0.3, 0.4) is 0 Å². The maximum absolute atomic E-state index is 14.1. The summed E-state index contributed by atoms with van der Waals surface area (Å²) in [5.74, 6) is -0.0223. The van der Waals surface area contributed by atoms with Gasteiger partial charge in [0.25, 0.3) is 5.91 Å². The van der Waals surface area contributed by atoms with Gasteiger partial charge in [0, 0.05) is 21.7 Å². The standard InChI is InChI=1S/C36H33N3O7S2/c1-17-4-7-19(8-5-17)37-26(40)16-46-24-13-6-18(14-25(24)45-3)27-28-22-15-23(31(28)47-33-32(27)48-36(43)38-33)30-29(22)34(41)39(35(30)42)20-9-11-21(44-2)12-10-20/h4-14,22-23,27-31H,15-16H2,1-3H3,(H,37,40)(H,38,43)/t22-,23-,27-,28?,29?,30?,31?/m1/s1. The van der Waals surface area contributed by atoms with Gasteiger partial charge in [0.2, 0.25) is 11.8 Å². The van der Waals surface area contributed by atoms with Crippen molar-refractivity contribution in [3.05, 3.63) is 92.4 Å². The number of nitrogens with one attached hydrogen (secondary N) is 2. The number of nitrogens with zero attached hydrogens (tertiary/aromatic N) is 1. The Balaban J connectivity index is 1.08. The molecule has 8 rings (SSSR count). The molecule has 3 amide bonds. The van der Waals surface area contributed by atoms with Crippen molar-refractivity contribution in [2.24, 2.45) is 29.6 Å². The summed E-state index contributed by atoms with van der Waals surface area (Å²) < 4.78 is 16.9. The molecular weight excluding hydrogens is 651 g/mol. The minimum absolute atomic E-state index is 0.00490. The van der Waals surface area contributed by atoms with E-state index in [0.29, 0.717) is 28.6 Å². The van der Waals surface area contributed by atoms with E-state index >= 15 is 0 Å². The molecule has 2 aliphatic carbocycles. The van der Waals surface area contributed by atoms with E-state index < -0.39 is 5.92 Å². The summed E-state index contributed by atoms with van der Waals surface area (Å²) in [6.07, 6.45) is 0.787. The molecule has 1 saturated heterocycles. The van der Waals surface area contributed by atoms with E-state index in [2.05, 4.69) is 10.3 Å². The molecular formula is C36H33N3O7S2. The Morgan fingerprint density at radius 2 is 1.65 bits per heavy atom. The average Bonchev–Trinajstić information content (AvgIpc) is 3.83. The Bertz CT molecular complexity index is 1990. The van der Waals surface area contributed by atoms with E-state index in [1.165, 1.54) is 16.2 Å². The second-order valence-electron chi connectivity index (χ2n) is 12.8. The van der Waals surface area contributed by atoms with Crippen LogP contribution in [0.5, 0.6) is 17.2 Å². The van der Waals surface area contributed by atoms with Crippen molar-refractivity contribution >= 4 is 52.2 Å². The number of hydrogen-bond donors (Lipinski definition) is 2. The fraction of sp³-hybridized carbons (Fsp3) is 0.333. The first-order valence-corrected chi connectivity index (χ1v) is 17.5. The number of benzene rings is 3. The lowest BCUT2D eigenvalue weighted by Gasteiger charge is -2.43. The molecule has 4 aromatic rings. The topological polar surface area (TPSA) is 127 Å². The van der Waals surface area contributed by atoms with Crippen LogP contribution in [0, 0.1) is 36.5 Å². The van der Waals surface area contributed by atoms with Crippen LogP contribution in [0.25, 0.3) is 0 Å². The molecule has 2 N–H and O–H groups in total. The van der Waals surface area contributed by atoms with E-state index in [-0.39, 0.29) is 64.0 Å². The summed E-state index contributed by atoms with van der Waals surface area (Å²) >= 11 is 2.85. The number of amides is 3. The van der Waals surface area contributed by atoms with Crippen LogP contribution in [-0.2, 0) is 14.4 Å². The van der Waals surface area contributed by atoms with E-state index in [9.17, 15) is 19.2 Å². The number of thiazole rings is 1. The maximum Gasteiger partial charge on any atom is 0.305 e. The summed E-state index contributed by atoms with van der Waals surface area (Å²) in [5, 5.41) is 3.72. The second-order valence-corrected chi connectivity index (χ2v) is 15.0. The summed E-state index contributed by atoms with van der Waals surface area (Å²) in [6.45, 7) is 1.78. The van der Waals surface area contributed by atoms with Crippen molar-refractivity contribution < 1.29 is 28.6 Å². The molecule has 3 aromatic carbocycles. The van der Waals surface area contributed by atoms with Crippen LogP contribution in [0.15, 0.2) is 76.6 Å². The molecule has 1 aromatic heterocycles. The van der Waals surface area contributed by atoms with Crippen molar-refractivity contribution in [3.63, 3.8) is 0 Å². The lowest BCUT2D eigenvalue weighted by Crippen LogP contribution is -2.42. The van der Waals surface area contributed by atoms with Gasteiger partial charge in [-0.1, -0.05) is 35.1 Å². The van der Waals surface area contributed by atoms with Gasteiger partial charge in [0.05, 0.1) is 36.8 Å². The largest absolute Gasteiger partial charge is 0.497 e. The Morgan fingerprint density at radius 1 is 0.917 bits per heavy atom. The number of methoxy groups -OCH3 is 2.